The number of nitrogens with one attached hydrogen (secondary N) is 1. The minimum absolute atomic E-state index is 0.0391. The molecule has 0 aliphatic carbocycles. The second-order valence-electron chi connectivity index (χ2n) is 8.59. The van der Waals surface area contributed by atoms with Gasteiger partial charge in [0.2, 0.25) is 0 Å². The minimum Gasteiger partial charge on any atom is -0.483 e. The van der Waals surface area contributed by atoms with Crippen molar-refractivity contribution >= 4 is 16.8 Å². The third-order valence-electron chi connectivity index (χ3n) is 6.13. The van der Waals surface area contributed by atoms with Crippen molar-refractivity contribution in [1.82, 2.24) is 14.9 Å². The fourth-order valence-corrected chi connectivity index (χ4v) is 4.36. The van der Waals surface area contributed by atoms with Crippen molar-refractivity contribution in [3.05, 3.63) is 95.0 Å². The lowest BCUT2D eigenvalue weighted by atomic mass is 10.1. The molecule has 2 heterocycles. The van der Waals surface area contributed by atoms with Crippen LogP contribution in [0.1, 0.15) is 18.7 Å². The lowest BCUT2D eigenvalue weighted by molar-refractivity contribution is -0.135. The maximum Gasteiger partial charge on any atom is 0.261 e. The Morgan fingerprint density at radius 2 is 1.80 bits per heavy atom. The average Bonchev–Trinajstić information content (AvgIpc) is 3.41. The lowest BCUT2D eigenvalue weighted by Gasteiger charge is -2.25. The van der Waals surface area contributed by atoms with Gasteiger partial charge in [-0.25, -0.2) is 4.98 Å². The highest BCUT2D eigenvalue weighted by Gasteiger charge is 2.24. The maximum atomic E-state index is 13.3. The van der Waals surface area contributed by atoms with Gasteiger partial charge in [-0.3, -0.25) is 9.59 Å². The summed E-state index contributed by atoms with van der Waals surface area (Å²) in [4.78, 5) is 34.9. The number of benzene rings is 3. The first-order valence-electron chi connectivity index (χ1n) is 11.8. The Balaban J connectivity index is 1.35. The van der Waals surface area contributed by atoms with Gasteiger partial charge in [0.15, 0.2) is 6.61 Å². The number of carbonyl (C=O) groups is 1. The van der Waals surface area contributed by atoms with Crippen LogP contribution < -0.4 is 10.3 Å². The van der Waals surface area contributed by atoms with E-state index in [1.165, 1.54) is 0 Å². The van der Waals surface area contributed by atoms with Crippen molar-refractivity contribution < 1.29 is 14.3 Å². The Labute approximate surface area is 203 Å². The van der Waals surface area contributed by atoms with Crippen LogP contribution in [0.2, 0.25) is 0 Å². The molecule has 1 saturated heterocycles. The number of ether oxygens (including phenoxy) is 2. The van der Waals surface area contributed by atoms with Crippen LogP contribution in [0, 0.1) is 0 Å². The predicted molar refractivity (Wildman–Crippen MR) is 134 cm³/mol. The summed E-state index contributed by atoms with van der Waals surface area (Å²) in [5, 5.41) is 0.522. The molecule has 3 aromatic carbocycles. The molecule has 1 N–H and O–H groups in total. The molecule has 7 heteroatoms. The SMILES string of the molecule is O=C(COc1ccccc1-c1ccccc1)N(Cc1nc2ccccc2c(=O)[nH]1)CC1CCCO1. The standard InChI is InChI=1S/C28H27N3O4/c32-27(19-35-25-15-7-5-12-22(25)20-9-2-1-3-10-20)31(17-21-11-8-16-34-21)18-26-29-24-14-6-4-13-23(24)28(33)30-26/h1-7,9-10,12-15,21H,8,11,16-19H2,(H,29,30,33). The van der Waals surface area contributed by atoms with Gasteiger partial charge in [0, 0.05) is 18.7 Å². The number of carbonyl (C=O) groups excluding carboxylic acids is 1. The van der Waals surface area contributed by atoms with E-state index < -0.39 is 0 Å². The maximum absolute atomic E-state index is 13.3. The lowest BCUT2D eigenvalue weighted by Crippen LogP contribution is -2.40. The van der Waals surface area contributed by atoms with Crippen LogP contribution in [0.25, 0.3) is 22.0 Å². The van der Waals surface area contributed by atoms with Gasteiger partial charge < -0.3 is 19.4 Å². The number of H-pyrrole nitrogens is 1. The normalized spacial score (nSPS) is 15.3. The fraction of sp³-hybridized carbons (Fsp3) is 0.250. The number of hydrogen-bond acceptors (Lipinski definition) is 5. The molecule has 1 aliphatic rings. The van der Waals surface area contributed by atoms with Crippen LogP contribution in [0.5, 0.6) is 5.75 Å². The topological polar surface area (TPSA) is 84.5 Å². The molecule has 1 unspecified atom stereocenters. The van der Waals surface area contributed by atoms with Crippen molar-refractivity contribution in [3.63, 3.8) is 0 Å². The summed E-state index contributed by atoms with van der Waals surface area (Å²) >= 11 is 0. The Morgan fingerprint density at radius 1 is 1.03 bits per heavy atom. The predicted octanol–water partition coefficient (Wildman–Crippen LogP) is 4.18. The smallest absolute Gasteiger partial charge is 0.261 e. The number of rotatable bonds is 8. The number of hydrogen-bond donors (Lipinski definition) is 1. The van der Waals surface area contributed by atoms with Crippen molar-refractivity contribution in [2.24, 2.45) is 0 Å². The van der Waals surface area contributed by atoms with E-state index in [-0.39, 0.29) is 30.7 Å². The Morgan fingerprint density at radius 3 is 2.63 bits per heavy atom. The largest absolute Gasteiger partial charge is 0.483 e. The number of aromatic nitrogens is 2. The molecule has 35 heavy (non-hydrogen) atoms. The summed E-state index contributed by atoms with van der Waals surface area (Å²) in [6.45, 7) is 1.15. The summed E-state index contributed by atoms with van der Waals surface area (Å²) in [6, 6.07) is 24.8. The van der Waals surface area contributed by atoms with Crippen LogP contribution in [0.4, 0.5) is 0 Å². The van der Waals surface area contributed by atoms with Crippen LogP contribution in [-0.4, -0.2) is 46.6 Å². The van der Waals surface area contributed by atoms with Crippen molar-refractivity contribution in [1.29, 1.82) is 0 Å². The summed E-state index contributed by atoms with van der Waals surface area (Å²) in [6.07, 6.45) is 1.82. The molecule has 178 valence electrons. The number of para-hydroxylation sites is 2. The number of nitrogens with zero attached hydrogens (tertiary/aromatic N) is 2. The van der Waals surface area contributed by atoms with Gasteiger partial charge in [-0.2, -0.15) is 0 Å². The second-order valence-corrected chi connectivity index (χ2v) is 8.59. The summed E-state index contributed by atoms with van der Waals surface area (Å²) in [7, 11) is 0. The van der Waals surface area contributed by atoms with E-state index in [2.05, 4.69) is 9.97 Å². The molecule has 4 aromatic rings. The van der Waals surface area contributed by atoms with Gasteiger partial charge in [0.05, 0.1) is 23.6 Å². The Kier molecular flexibility index (Phi) is 6.86. The van der Waals surface area contributed by atoms with E-state index in [1.807, 2.05) is 60.7 Å². The van der Waals surface area contributed by atoms with Crippen LogP contribution >= 0.6 is 0 Å². The van der Waals surface area contributed by atoms with Gasteiger partial charge in [-0.15, -0.1) is 0 Å². The molecule has 0 bridgehead atoms. The van der Waals surface area contributed by atoms with E-state index >= 15 is 0 Å². The summed E-state index contributed by atoms with van der Waals surface area (Å²) < 4.78 is 11.8. The zero-order valence-electron chi connectivity index (χ0n) is 19.4. The molecule has 7 nitrogen and oxygen atoms in total. The zero-order chi connectivity index (χ0) is 24.0. The van der Waals surface area contributed by atoms with Gasteiger partial charge >= 0.3 is 0 Å². The van der Waals surface area contributed by atoms with Gasteiger partial charge in [0.1, 0.15) is 11.6 Å². The molecule has 0 saturated carbocycles. The fourth-order valence-electron chi connectivity index (χ4n) is 4.36. The highest BCUT2D eigenvalue weighted by Crippen LogP contribution is 2.29. The minimum atomic E-state index is -0.219. The van der Waals surface area contributed by atoms with E-state index in [4.69, 9.17) is 9.47 Å². The Hall–Kier alpha value is -3.97. The molecule has 1 atom stereocenters. The van der Waals surface area contributed by atoms with Crippen LogP contribution in [0.15, 0.2) is 83.7 Å². The van der Waals surface area contributed by atoms with Gasteiger partial charge in [-0.05, 0) is 36.6 Å². The molecule has 5 rings (SSSR count). The van der Waals surface area contributed by atoms with E-state index in [0.717, 1.165) is 24.0 Å². The summed E-state index contributed by atoms with van der Waals surface area (Å²) in [5.74, 6) is 0.880. The molecule has 1 fully saturated rings. The summed E-state index contributed by atoms with van der Waals surface area (Å²) in [5.41, 5.74) is 2.32. The first-order chi connectivity index (χ1) is 17.2. The van der Waals surface area contributed by atoms with E-state index in [1.54, 1.807) is 23.1 Å². The van der Waals surface area contributed by atoms with Crippen LogP contribution in [0.3, 0.4) is 0 Å². The van der Waals surface area contributed by atoms with Crippen molar-refractivity contribution in [2.45, 2.75) is 25.5 Å². The highest BCUT2D eigenvalue weighted by molar-refractivity contribution is 5.79. The third kappa shape index (κ3) is 5.41. The Bertz CT molecular complexity index is 1360. The third-order valence-corrected chi connectivity index (χ3v) is 6.13. The zero-order valence-corrected chi connectivity index (χ0v) is 19.4. The number of fused-ring (bicyclic) bond motifs is 1. The average molecular weight is 470 g/mol. The van der Waals surface area contributed by atoms with Crippen molar-refractivity contribution in [2.75, 3.05) is 19.8 Å². The van der Waals surface area contributed by atoms with E-state index in [9.17, 15) is 9.59 Å². The highest BCUT2D eigenvalue weighted by atomic mass is 16.5. The number of amides is 1. The van der Waals surface area contributed by atoms with Gasteiger partial charge in [-0.1, -0.05) is 60.7 Å². The number of aromatic amines is 1. The molecule has 1 amide bonds. The molecular formula is C28H27N3O4. The molecule has 1 aromatic heterocycles. The van der Waals surface area contributed by atoms with Gasteiger partial charge in [0.25, 0.3) is 11.5 Å². The van der Waals surface area contributed by atoms with Crippen molar-refractivity contribution in [3.8, 4) is 16.9 Å². The quantitative estimate of drug-likeness (QED) is 0.419. The molecule has 0 spiro atoms. The molecular weight excluding hydrogens is 442 g/mol. The second kappa shape index (κ2) is 10.5. The molecule has 1 aliphatic heterocycles. The first-order valence-corrected chi connectivity index (χ1v) is 11.8. The van der Waals surface area contributed by atoms with E-state index in [0.29, 0.717) is 35.6 Å². The monoisotopic (exact) mass is 469 g/mol. The van der Waals surface area contributed by atoms with Crippen LogP contribution in [-0.2, 0) is 16.1 Å². The molecule has 0 radical (unpaired) electrons. The first kappa shape index (κ1) is 22.8.